The van der Waals surface area contributed by atoms with Crippen molar-refractivity contribution in [3.63, 3.8) is 0 Å². The molecule has 116 valence electrons. The highest BCUT2D eigenvalue weighted by Gasteiger charge is 2.30. The normalized spacial score (nSPS) is 21.5. The Labute approximate surface area is 124 Å². The molecule has 21 heavy (non-hydrogen) atoms. The molecule has 2 N–H and O–H groups in total. The first kappa shape index (κ1) is 15.8. The molecule has 0 radical (unpaired) electrons. The molecule has 1 fully saturated rings. The van der Waals surface area contributed by atoms with Gasteiger partial charge in [-0.1, -0.05) is 6.07 Å². The Balaban J connectivity index is 2.17. The zero-order valence-electron chi connectivity index (χ0n) is 11.2. The summed E-state index contributed by atoms with van der Waals surface area (Å²) in [5.41, 5.74) is 0.758. The molecule has 1 aromatic carbocycles. The van der Waals surface area contributed by atoms with Gasteiger partial charge in [0.15, 0.2) is 11.5 Å². The number of carboxylic acid groups (broad SMARTS) is 1. The van der Waals surface area contributed by atoms with Crippen LogP contribution in [0, 0.1) is 0 Å². The van der Waals surface area contributed by atoms with Crippen LogP contribution >= 0.6 is 11.8 Å². The summed E-state index contributed by atoms with van der Waals surface area (Å²) in [6.07, 6.45) is 0. The van der Waals surface area contributed by atoms with Gasteiger partial charge in [0, 0.05) is 5.75 Å². The Morgan fingerprint density at radius 2 is 2.29 bits per heavy atom. The van der Waals surface area contributed by atoms with Crippen molar-refractivity contribution < 1.29 is 28.2 Å². The van der Waals surface area contributed by atoms with E-state index in [4.69, 9.17) is 9.84 Å². The number of benzene rings is 1. The van der Waals surface area contributed by atoms with E-state index in [-0.39, 0.29) is 16.9 Å². The summed E-state index contributed by atoms with van der Waals surface area (Å²) >= 11 is 1.44. The lowest BCUT2D eigenvalue weighted by Crippen LogP contribution is -2.33. The summed E-state index contributed by atoms with van der Waals surface area (Å²) in [5, 5.41) is 11.7. The molecule has 0 bridgehead atoms. The van der Waals surface area contributed by atoms with Crippen molar-refractivity contribution in [2.75, 3.05) is 12.4 Å². The fraction of sp³-hybridized carbons (Fsp3) is 0.462. The zero-order valence-corrected chi connectivity index (χ0v) is 12.0. The van der Waals surface area contributed by atoms with Crippen molar-refractivity contribution in [3.8, 4) is 11.5 Å². The largest absolute Gasteiger partial charge is 0.490 e. The van der Waals surface area contributed by atoms with Gasteiger partial charge in [0.1, 0.15) is 6.04 Å². The second kappa shape index (κ2) is 6.95. The van der Waals surface area contributed by atoms with Crippen LogP contribution in [-0.2, 0) is 4.79 Å². The number of aliphatic carboxylic acids is 1. The first-order valence-corrected chi connectivity index (χ1v) is 7.38. The van der Waals surface area contributed by atoms with E-state index in [1.54, 1.807) is 19.1 Å². The fourth-order valence-corrected chi connectivity index (χ4v) is 3.18. The lowest BCUT2D eigenvalue weighted by Gasteiger charge is -2.16. The number of ether oxygens (including phenoxy) is 2. The molecule has 0 amide bonds. The third kappa shape index (κ3) is 3.98. The van der Waals surface area contributed by atoms with Crippen molar-refractivity contribution in [3.05, 3.63) is 23.8 Å². The number of alkyl halides is 2. The van der Waals surface area contributed by atoms with Crippen LogP contribution in [0.3, 0.4) is 0 Å². The highest BCUT2D eigenvalue weighted by atomic mass is 32.2. The van der Waals surface area contributed by atoms with E-state index in [0.717, 1.165) is 5.56 Å². The Morgan fingerprint density at radius 1 is 1.52 bits per heavy atom. The maximum absolute atomic E-state index is 12.3. The topological polar surface area (TPSA) is 67.8 Å². The highest BCUT2D eigenvalue weighted by Crippen LogP contribution is 2.38. The predicted octanol–water partition coefficient (Wildman–Crippen LogP) is 2.47. The predicted molar refractivity (Wildman–Crippen MR) is 74.0 cm³/mol. The van der Waals surface area contributed by atoms with Crippen LogP contribution in [-0.4, -0.2) is 36.1 Å². The van der Waals surface area contributed by atoms with E-state index in [1.807, 2.05) is 0 Å². The Kier molecular flexibility index (Phi) is 5.24. The monoisotopic (exact) mass is 319 g/mol. The molecule has 2 atom stereocenters. The summed E-state index contributed by atoms with van der Waals surface area (Å²) in [7, 11) is 0. The molecule has 2 rings (SSSR count). The minimum atomic E-state index is -2.93. The molecule has 0 aliphatic carbocycles. The van der Waals surface area contributed by atoms with Gasteiger partial charge < -0.3 is 14.6 Å². The van der Waals surface area contributed by atoms with Gasteiger partial charge in [-0.3, -0.25) is 10.1 Å². The van der Waals surface area contributed by atoms with Gasteiger partial charge in [-0.2, -0.15) is 8.78 Å². The molecule has 0 saturated carbocycles. The summed E-state index contributed by atoms with van der Waals surface area (Å²) < 4.78 is 34.3. The molecular weight excluding hydrogens is 304 g/mol. The summed E-state index contributed by atoms with van der Waals surface area (Å²) in [4.78, 5) is 10.9. The van der Waals surface area contributed by atoms with E-state index in [1.165, 1.54) is 17.8 Å². The van der Waals surface area contributed by atoms with E-state index < -0.39 is 18.6 Å². The number of carbonyl (C=O) groups is 1. The number of rotatable bonds is 6. The number of hydrogen-bond acceptors (Lipinski definition) is 5. The summed E-state index contributed by atoms with van der Waals surface area (Å²) in [6, 6.07) is 4.00. The average Bonchev–Trinajstić information content (AvgIpc) is 2.90. The highest BCUT2D eigenvalue weighted by molar-refractivity contribution is 7.99. The molecular formula is C13H15F2NO4S. The molecule has 5 nitrogen and oxygen atoms in total. The van der Waals surface area contributed by atoms with Crippen LogP contribution < -0.4 is 14.8 Å². The molecule has 0 spiro atoms. The quantitative estimate of drug-likeness (QED) is 0.839. The van der Waals surface area contributed by atoms with Crippen molar-refractivity contribution in [1.29, 1.82) is 0 Å². The Morgan fingerprint density at radius 3 is 2.86 bits per heavy atom. The van der Waals surface area contributed by atoms with Gasteiger partial charge in [0.2, 0.25) is 0 Å². The van der Waals surface area contributed by atoms with Crippen LogP contribution in [0.2, 0.25) is 0 Å². The van der Waals surface area contributed by atoms with Gasteiger partial charge in [0.25, 0.3) is 0 Å². The van der Waals surface area contributed by atoms with E-state index >= 15 is 0 Å². The number of carboxylic acids is 1. The third-order valence-corrected chi connectivity index (χ3v) is 4.13. The zero-order chi connectivity index (χ0) is 15.4. The summed E-state index contributed by atoms with van der Waals surface area (Å²) in [6.45, 7) is -0.876. The smallest absolute Gasteiger partial charge is 0.387 e. The Bertz CT molecular complexity index is 515. The number of halogens is 2. The van der Waals surface area contributed by atoms with Crippen LogP contribution in [0.25, 0.3) is 0 Å². The minimum Gasteiger partial charge on any atom is -0.490 e. The molecule has 1 heterocycles. The molecule has 1 aromatic rings. The van der Waals surface area contributed by atoms with Crippen LogP contribution in [0.4, 0.5) is 8.78 Å². The molecule has 1 saturated heterocycles. The van der Waals surface area contributed by atoms with Gasteiger partial charge in [-0.05, 0) is 24.6 Å². The van der Waals surface area contributed by atoms with Gasteiger partial charge in [0.05, 0.1) is 12.0 Å². The number of hydrogen-bond donors (Lipinski definition) is 2. The van der Waals surface area contributed by atoms with Crippen molar-refractivity contribution in [2.24, 2.45) is 0 Å². The van der Waals surface area contributed by atoms with Crippen LogP contribution in [0.5, 0.6) is 11.5 Å². The Hall–Kier alpha value is -1.54. The van der Waals surface area contributed by atoms with Crippen LogP contribution in [0.1, 0.15) is 17.9 Å². The van der Waals surface area contributed by atoms with E-state index in [2.05, 4.69) is 10.1 Å². The second-order valence-corrected chi connectivity index (χ2v) is 5.43. The average molecular weight is 319 g/mol. The van der Waals surface area contributed by atoms with Gasteiger partial charge >= 0.3 is 12.6 Å². The molecule has 0 aromatic heterocycles. The number of thioether (sulfide) groups is 1. The SMILES string of the molecule is CCOc1cc(C2N[C@H](C(=O)O)CS2)ccc1OC(F)F. The number of nitrogens with one attached hydrogen (secondary N) is 1. The molecule has 1 aliphatic heterocycles. The van der Waals surface area contributed by atoms with Crippen molar-refractivity contribution in [1.82, 2.24) is 5.32 Å². The first-order valence-electron chi connectivity index (χ1n) is 6.33. The first-order chi connectivity index (χ1) is 10.0. The maximum Gasteiger partial charge on any atom is 0.387 e. The van der Waals surface area contributed by atoms with Crippen molar-refractivity contribution >= 4 is 17.7 Å². The summed E-state index contributed by atoms with van der Waals surface area (Å²) in [5.74, 6) is -0.281. The second-order valence-electron chi connectivity index (χ2n) is 4.29. The van der Waals surface area contributed by atoms with Gasteiger partial charge in [-0.25, -0.2) is 0 Å². The van der Waals surface area contributed by atoms with Crippen LogP contribution in [0.15, 0.2) is 18.2 Å². The minimum absolute atomic E-state index is 0.0339. The lowest BCUT2D eigenvalue weighted by atomic mass is 10.2. The van der Waals surface area contributed by atoms with Crippen molar-refractivity contribution in [2.45, 2.75) is 25.0 Å². The van der Waals surface area contributed by atoms with Gasteiger partial charge in [-0.15, -0.1) is 11.8 Å². The lowest BCUT2D eigenvalue weighted by molar-refractivity contribution is -0.138. The fourth-order valence-electron chi connectivity index (χ4n) is 1.96. The maximum atomic E-state index is 12.3. The van der Waals surface area contributed by atoms with E-state index in [9.17, 15) is 13.6 Å². The standard InChI is InChI=1S/C13H15F2NO4S/c1-2-19-10-5-7(3-4-9(10)20-13(14)15)11-16-8(6-21-11)12(17)18/h3-5,8,11,13,16H,2,6H2,1H3,(H,17,18)/t8-,11?/m0/s1. The molecule has 8 heteroatoms. The molecule has 1 unspecified atom stereocenters. The van der Waals surface area contributed by atoms with E-state index in [0.29, 0.717) is 12.4 Å². The third-order valence-electron chi connectivity index (χ3n) is 2.87. The molecule has 1 aliphatic rings.